The normalized spacial score (nSPS) is 47.3. The number of hydrogen-bond acceptors (Lipinski definition) is 5. The minimum Gasteiger partial charge on any atom is -0.468 e. The number of ether oxygens (including phenoxy) is 2. The average molecular weight is 525 g/mol. The molecular formula is C33H48O5. The van der Waals surface area contributed by atoms with Crippen molar-refractivity contribution < 1.29 is 23.9 Å². The van der Waals surface area contributed by atoms with E-state index in [0.29, 0.717) is 5.92 Å². The second-order valence-corrected chi connectivity index (χ2v) is 15.2. The fourth-order valence-corrected chi connectivity index (χ4v) is 10.4. The summed E-state index contributed by atoms with van der Waals surface area (Å²) < 4.78 is 11.0. The van der Waals surface area contributed by atoms with Gasteiger partial charge in [0.2, 0.25) is 0 Å². The highest BCUT2D eigenvalue weighted by atomic mass is 16.5. The Hall–Kier alpha value is -1.91. The number of rotatable bonds is 2. The maximum absolute atomic E-state index is 14.4. The lowest BCUT2D eigenvalue weighted by atomic mass is 9.34. The van der Waals surface area contributed by atoms with Gasteiger partial charge in [-0.2, -0.15) is 0 Å². The summed E-state index contributed by atoms with van der Waals surface area (Å²) in [4.78, 5) is 39.1. The second-order valence-electron chi connectivity index (χ2n) is 15.2. The van der Waals surface area contributed by atoms with Crippen molar-refractivity contribution in [3.8, 4) is 0 Å². The number of hydrogen-bond donors (Lipinski definition) is 0. The van der Waals surface area contributed by atoms with Crippen LogP contribution in [0.25, 0.3) is 0 Å². The van der Waals surface area contributed by atoms with Gasteiger partial charge in [0.25, 0.3) is 0 Å². The molecule has 0 amide bonds. The molecule has 0 bridgehead atoms. The molecule has 3 saturated carbocycles. The molecule has 8 atom stereocenters. The first-order chi connectivity index (χ1) is 17.5. The zero-order valence-electron chi connectivity index (χ0n) is 25.1. The average Bonchev–Trinajstić information content (AvgIpc) is 2.82. The van der Waals surface area contributed by atoms with E-state index in [4.69, 9.17) is 9.47 Å². The molecule has 210 valence electrons. The predicted octanol–water partition coefficient (Wildman–Crippen LogP) is 6.99. The quantitative estimate of drug-likeness (QED) is 0.364. The minimum absolute atomic E-state index is 0.0203. The van der Waals surface area contributed by atoms with Gasteiger partial charge in [-0.05, 0) is 103 Å². The van der Waals surface area contributed by atoms with Crippen LogP contribution in [0.2, 0.25) is 0 Å². The molecule has 0 heterocycles. The van der Waals surface area contributed by atoms with Crippen molar-refractivity contribution in [3.05, 3.63) is 23.3 Å². The summed E-state index contributed by atoms with van der Waals surface area (Å²) in [7, 11) is 1.47. The van der Waals surface area contributed by atoms with E-state index in [9.17, 15) is 14.4 Å². The summed E-state index contributed by atoms with van der Waals surface area (Å²) in [5.74, 6) is 0.0844. The summed E-state index contributed by atoms with van der Waals surface area (Å²) in [5, 5.41) is 0. The van der Waals surface area contributed by atoms with Crippen LogP contribution in [0.4, 0.5) is 0 Å². The van der Waals surface area contributed by atoms with Crippen LogP contribution in [0.1, 0.15) is 107 Å². The fourth-order valence-electron chi connectivity index (χ4n) is 10.4. The Bertz CT molecular complexity index is 1150. The molecule has 0 aromatic rings. The van der Waals surface area contributed by atoms with E-state index in [2.05, 4.69) is 47.6 Å². The monoisotopic (exact) mass is 524 g/mol. The summed E-state index contributed by atoms with van der Waals surface area (Å²) in [6.45, 7) is 17.5. The maximum atomic E-state index is 14.4. The van der Waals surface area contributed by atoms with Crippen LogP contribution in [-0.4, -0.2) is 30.9 Å². The standard InChI is InChI=1S/C33H48O5/c1-20(34)38-25-11-12-31(6)24(28(25,2)3)10-13-33(8)26(31)23(35)18-21-22-19-30(5,27(36)37-9)15-14-29(22,4)16-17-32(21,33)7/h18-19,24-26H,10-17H2,1-9H3/t24-,25+,26+,29-,30+,31+,32-,33-/m1/s1. The molecule has 5 heteroatoms. The third-order valence-corrected chi connectivity index (χ3v) is 12.9. The van der Waals surface area contributed by atoms with Gasteiger partial charge in [0.1, 0.15) is 6.10 Å². The highest BCUT2D eigenvalue weighted by molar-refractivity contribution is 5.96. The summed E-state index contributed by atoms with van der Waals surface area (Å²) >= 11 is 0. The molecule has 0 unspecified atom stereocenters. The Morgan fingerprint density at radius 2 is 1.53 bits per heavy atom. The minimum atomic E-state index is -0.660. The van der Waals surface area contributed by atoms with Crippen LogP contribution in [0, 0.1) is 44.3 Å². The van der Waals surface area contributed by atoms with Crippen LogP contribution >= 0.6 is 0 Å². The van der Waals surface area contributed by atoms with E-state index in [0.717, 1.165) is 51.4 Å². The molecule has 0 spiro atoms. The van der Waals surface area contributed by atoms with E-state index in [1.54, 1.807) is 0 Å². The first-order valence-corrected chi connectivity index (χ1v) is 14.7. The summed E-state index contributed by atoms with van der Waals surface area (Å²) in [6.07, 6.45) is 11.6. The third-order valence-electron chi connectivity index (χ3n) is 12.9. The van der Waals surface area contributed by atoms with Crippen LogP contribution < -0.4 is 0 Å². The number of fused-ring (bicyclic) bond motifs is 7. The molecule has 0 N–H and O–H groups in total. The van der Waals surface area contributed by atoms with Crippen LogP contribution in [-0.2, 0) is 23.9 Å². The number of methoxy groups -OCH3 is 1. The molecule has 5 aliphatic rings. The number of carbonyl (C=O) groups is 3. The molecular weight excluding hydrogens is 476 g/mol. The fraction of sp³-hybridized carbons (Fsp3) is 0.788. The smallest absolute Gasteiger partial charge is 0.315 e. The number of allylic oxidation sites excluding steroid dienone is 3. The Labute approximate surface area is 229 Å². The first-order valence-electron chi connectivity index (χ1n) is 14.7. The van der Waals surface area contributed by atoms with Gasteiger partial charge in [0, 0.05) is 18.3 Å². The van der Waals surface area contributed by atoms with Gasteiger partial charge < -0.3 is 9.47 Å². The lowest BCUT2D eigenvalue weighted by Gasteiger charge is -2.69. The molecule has 3 fully saturated rings. The first kappa shape index (κ1) is 27.6. The van der Waals surface area contributed by atoms with Gasteiger partial charge in [-0.25, -0.2) is 0 Å². The van der Waals surface area contributed by atoms with E-state index >= 15 is 0 Å². The van der Waals surface area contributed by atoms with Gasteiger partial charge in [0.05, 0.1) is 12.5 Å². The molecule has 0 aliphatic heterocycles. The molecule has 5 nitrogen and oxygen atoms in total. The summed E-state index contributed by atoms with van der Waals surface area (Å²) in [6, 6.07) is 0. The Kier molecular flexibility index (Phi) is 6.04. The predicted molar refractivity (Wildman–Crippen MR) is 147 cm³/mol. The molecule has 5 aliphatic carbocycles. The van der Waals surface area contributed by atoms with Gasteiger partial charge in [-0.1, -0.05) is 47.6 Å². The van der Waals surface area contributed by atoms with Gasteiger partial charge >= 0.3 is 11.9 Å². The number of carbonyl (C=O) groups excluding carboxylic acids is 3. The highest BCUT2D eigenvalue weighted by Crippen LogP contribution is 2.74. The topological polar surface area (TPSA) is 69.7 Å². The SMILES string of the molecule is COC(=O)[C@]1(C)C=C2C3=CC(=O)[C@H]4[C@@]5(C)CC[C@H](OC(C)=O)C(C)(C)[C@H]5CC[C@@]4(C)[C@]3(C)CC[C@@]2(C)CC1. The van der Waals surface area contributed by atoms with Crippen LogP contribution in [0.15, 0.2) is 23.3 Å². The molecule has 0 saturated heterocycles. The second kappa shape index (κ2) is 8.30. The Morgan fingerprint density at radius 3 is 2.16 bits per heavy atom. The van der Waals surface area contributed by atoms with Crippen molar-refractivity contribution in [2.45, 2.75) is 113 Å². The number of esters is 2. The van der Waals surface area contributed by atoms with E-state index < -0.39 is 5.41 Å². The zero-order chi connectivity index (χ0) is 28.1. The van der Waals surface area contributed by atoms with Crippen molar-refractivity contribution in [1.82, 2.24) is 0 Å². The molecule has 5 rings (SSSR count). The number of ketones is 1. The van der Waals surface area contributed by atoms with Gasteiger partial charge in [0.15, 0.2) is 5.78 Å². The summed E-state index contributed by atoms with van der Waals surface area (Å²) in [5.41, 5.74) is 1.05. The van der Waals surface area contributed by atoms with E-state index in [1.165, 1.54) is 25.2 Å². The Morgan fingerprint density at radius 1 is 0.868 bits per heavy atom. The molecule has 38 heavy (non-hydrogen) atoms. The molecule has 0 aromatic carbocycles. The van der Waals surface area contributed by atoms with Gasteiger partial charge in [-0.15, -0.1) is 0 Å². The lowest BCUT2D eigenvalue weighted by Crippen LogP contribution is -2.66. The van der Waals surface area contributed by atoms with Gasteiger partial charge in [-0.3, -0.25) is 14.4 Å². The highest BCUT2D eigenvalue weighted by Gasteiger charge is 2.69. The largest absolute Gasteiger partial charge is 0.468 e. The van der Waals surface area contributed by atoms with E-state index in [-0.39, 0.29) is 56.8 Å². The zero-order valence-corrected chi connectivity index (χ0v) is 25.1. The molecule has 0 radical (unpaired) electrons. The van der Waals surface area contributed by atoms with Crippen molar-refractivity contribution in [2.24, 2.45) is 44.3 Å². The van der Waals surface area contributed by atoms with Crippen LogP contribution in [0.3, 0.4) is 0 Å². The Balaban J connectivity index is 1.62. The third kappa shape index (κ3) is 3.45. The van der Waals surface area contributed by atoms with Crippen molar-refractivity contribution in [2.75, 3.05) is 7.11 Å². The van der Waals surface area contributed by atoms with Crippen molar-refractivity contribution in [3.63, 3.8) is 0 Å². The molecule has 0 aromatic heterocycles. The maximum Gasteiger partial charge on any atom is 0.315 e. The van der Waals surface area contributed by atoms with E-state index in [1.807, 2.05) is 13.0 Å². The lowest BCUT2D eigenvalue weighted by molar-refractivity contribution is -0.206. The van der Waals surface area contributed by atoms with Crippen molar-refractivity contribution >= 4 is 17.7 Å². The van der Waals surface area contributed by atoms with Crippen LogP contribution in [0.5, 0.6) is 0 Å². The van der Waals surface area contributed by atoms with Crippen molar-refractivity contribution in [1.29, 1.82) is 0 Å².